The summed E-state index contributed by atoms with van der Waals surface area (Å²) in [7, 11) is 0. The fourth-order valence-corrected chi connectivity index (χ4v) is 6.10. The van der Waals surface area contributed by atoms with Crippen LogP contribution in [-0.2, 0) is 67.2 Å². The van der Waals surface area contributed by atoms with Crippen molar-refractivity contribution in [1.29, 1.82) is 0 Å². The van der Waals surface area contributed by atoms with Crippen LogP contribution in [0.4, 0.5) is 0 Å². The molecule has 1 aliphatic rings. The van der Waals surface area contributed by atoms with Crippen molar-refractivity contribution in [2.45, 2.75) is 146 Å². The van der Waals surface area contributed by atoms with Crippen LogP contribution >= 0.6 is 0 Å². The molecule has 504 valence electrons. The van der Waals surface area contributed by atoms with Crippen LogP contribution in [0.25, 0.3) is 10.9 Å². The maximum absolute atomic E-state index is 10.6. The first-order valence-electron chi connectivity index (χ1n) is 27.4. The van der Waals surface area contributed by atoms with Crippen molar-refractivity contribution in [2.75, 3.05) is 19.7 Å². The molecule has 34 heteroatoms. The minimum atomic E-state index is -1.21. The summed E-state index contributed by atoms with van der Waals surface area (Å²) in [5, 5.41) is 86.8. The first-order chi connectivity index (χ1) is 41.4. The van der Waals surface area contributed by atoms with Gasteiger partial charge in [0, 0.05) is 41.8 Å². The quantitative estimate of drug-likeness (QED) is 0.0309. The first-order valence-corrected chi connectivity index (χ1v) is 27.4. The molecule has 1 saturated heterocycles. The van der Waals surface area contributed by atoms with E-state index in [1.807, 2.05) is 74.6 Å². The van der Waals surface area contributed by atoms with Crippen molar-refractivity contribution in [3.8, 4) is 0 Å². The fourth-order valence-electron chi connectivity index (χ4n) is 6.10. The number of hydrogen-bond donors (Lipinski definition) is 23. The molecule has 89 heavy (non-hydrogen) atoms. The van der Waals surface area contributed by atoms with Crippen LogP contribution in [0.15, 0.2) is 73.3 Å². The third-order valence-corrected chi connectivity index (χ3v) is 11.3. The number of carbonyl (C=O) groups excluding carboxylic acids is 1. The van der Waals surface area contributed by atoms with Gasteiger partial charge in [0.05, 0.1) is 19.4 Å². The van der Waals surface area contributed by atoms with Crippen LogP contribution in [0.5, 0.6) is 0 Å². The largest absolute Gasteiger partial charge is 0.480 e. The lowest BCUT2D eigenvalue weighted by molar-refractivity contribution is -0.140. The van der Waals surface area contributed by atoms with E-state index < -0.39 is 115 Å². The molecule has 0 spiro atoms. The molecule has 33 N–H and O–H groups in total. The summed E-state index contributed by atoms with van der Waals surface area (Å²) in [5.41, 5.74) is 54.9. The molecule has 2 aromatic carbocycles. The average molecular weight is 1270 g/mol. The lowest BCUT2D eigenvalue weighted by Crippen LogP contribution is -2.34. The number of aromatic nitrogens is 3. The highest BCUT2D eigenvalue weighted by Gasteiger charge is 2.21. The van der Waals surface area contributed by atoms with E-state index in [0.717, 1.165) is 60.0 Å². The summed E-state index contributed by atoms with van der Waals surface area (Å²) in [6.07, 6.45) is 10.1. The van der Waals surface area contributed by atoms with Crippen LogP contribution in [0.3, 0.4) is 0 Å². The maximum atomic E-state index is 10.6. The number of amides is 1. The number of aliphatic carboxylic acids is 9. The number of aliphatic hydroxyl groups is 1. The van der Waals surface area contributed by atoms with Gasteiger partial charge in [-0.1, -0.05) is 82.6 Å². The predicted octanol–water partition coefficient (Wildman–Crippen LogP) is -2.36. The van der Waals surface area contributed by atoms with Gasteiger partial charge in [-0.15, -0.1) is 0 Å². The van der Waals surface area contributed by atoms with Crippen molar-refractivity contribution in [3.63, 3.8) is 0 Å². The third-order valence-electron chi connectivity index (χ3n) is 11.3. The Balaban J connectivity index is -0.000000461. The number of carbonyl (C=O) groups is 10. The standard InChI is InChI=1S/C11H12N2O2.C9H11NO2.C6H9N3O2.C6H14N2O2.C6H13NO2.C5H9NO2.C5H11NO2.C4H8N2O3.C3H7NO3/c12-9(11(14)15)5-7-6-13-10-4-2-1-3-8(7)10;10-8(9(11)12)6-7-4-2-1-3-5-7;7-5(6(10)11)1-4-2-8-3-9-4;7-4-2-1-3-5(8)6(9)10;1-4(2)3-5(7)6(8)9;7-5(8)4-2-1-3-6-4;1-3(2)4(6)5(7)8;5-2(4(8)9)1-3(6)7;4-2(1-5)3(6)7/h1-4,6,9,13H,5,12H2,(H,14,15);1-5,8H,6,10H2,(H,11,12);2-3,5H,1,7H2,(H,8,9)(H,10,11);5H,1-4,7-8H2,(H,9,10);4-5H,3,7H2,1-2H3,(H,8,9);4,6H,1-3H2,(H,7,8);3-4H,6H2,1-2H3,(H,7,8);2H,1,5H2,(H2,6,7)(H,8,9);2,5H,1,4H2,(H,6,7)/t9-;8-;3*5-;2*4-;2*2-/m000000000/s1. The fraction of sp³-hybridized carbons (Fsp3) is 0.509. The molecule has 1 fully saturated rings. The molecule has 5 rings (SSSR count). The lowest BCUT2D eigenvalue weighted by Gasteiger charge is -2.07. The van der Waals surface area contributed by atoms with E-state index in [1.54, 1.807) is 20.0 Å². The topological polar surface area (TPSA) is 690 Å². The molecular weight excluding hydrogens is 1180 g/mol. The summed E-state index contributed by atoms with van der Waals surface area (Å²) in [4.78, 5) is 111. The lowest BCUT2D eigenvalue weighted by atomic mass is 10.1. The van der Waals surface area contributed by atoms with E-state index in [0.29, 0.717) is 38.1 Å². The Morgan fingerprint density at radius 2 is 1.06 bits per heavy atom. The molecule has 34 nitrogen and oxygen atoms in total. The van der Waals surface area contributed by atoms with Crippen molar-refractivity contribution in [3.05, 3.63) is 90.1 Å². The normalized spacial score (nSPS) is 14.4. The van der Waals surface area contributed by atoms with E-state index in [-0.39, 0.29) is 24.8 Å². The van der Waals surface area contributed by atoms with Gasteiger partial charge in [0.15, 0.2) is 0 Å². The second-order valence-corrected chi connectivity index (χ2v) is 20.0. The Hall–Kier alpha value is -8.55. The van der Waals surface area contributed by atoms with E-state index in [4.69, 9.17) is 103 Å². The number of aromatic amines is 2. The van der Waals surface area contributed by atoms with Crippen molar-refractivity contribution in [2.24, 2.45) is 69.2 Å². The van der Waals surface area contributed by atoms with Gasteiger partial charge in [-0.05, 0) is 80.6 Å². The van der Waals surface area contributed by atoms with Crippen molar-refractivity contribution in [1.82, 2.24) is 20.3 Å². The Morgan fingerprint density at radius 1 is 0.573 bits per heavy atom. The van der Waals surface area contributed by atoms with E-state index >= 15 is 0 Å². The van der Waals surface area contributed by atoms with E-state index in [9.17, 15) is 47.9 Å². The number of carboxylic acid groups (broad SMARTS) is 9. The molecule has 9 atom stereocenters. The molecule has 0 radical (unpaired) electrons. The summed E-state index contributed by atoms with van der Waals surface area (Å²) in [6.45, 7) is 8.40. The zero-order chi connectivity index (χ0) is 69.5. The van der Waals surface area contributed by atoms with Crippen LogP contribution in [0.1, 0.15) is 89.5 Å². The number of unbranched alkanes of at least 4 members (excludes halogenated alkanes) is 1. The highest BCUT2D eigenvalue weighted by Crippen LogP contribution is 2.18. The number of aliphatic hydroxyl groups excluding tert-OH is 1. The third kappa shape index (κ3) is 47.2. The minimum Gasteiger partial charge on any atom is -0.480 e. The highest BCUT2D eigenvalue weighted by atomic mass is 16.4. The van der Waals surface area contributed by atoms with Gasteiger partial charge >= 0.3 is 53.7 Å². The molecule has 0 unspecified atom stereocenters. The molecule has 1 aliphatic heterocycles. The Labute approximate surface area is 513 Å². The predicted molar refractivity (Wildman–Crippen MR) is 326 cm³/mol. The number of H-pyrrole nitrogens is 2. The number of rotatable bonds is 25. The zero-order valence-electron chi connectivity index (χ0n) is 50.2. The summed E-state index contributed by atoms with van der Waals surface area (Å²) in [6, 6.07) is 9.93. The van der Waals surface area contributed by atoms with Gasteiger partial charge in [-0.2, -0.15) is 0 Å². The van der Waals surface area contributed by atoms with Gasteiger partial charge in [-0.3, -0.25) is 47.9 Å². The number of imidazole rings is 1. The number of primary amides is 1. The Kier molecular flexibility index (Phi) is 49.3. The number of fused-ring (bicyclic) bond motifs is 1. The molecule has 3 heterocycles. The Morgan fingerprint density at radius 3 is 1.39 bits per heavy atom. The van der Waals surface area contributed by atoms with Crippen LogP contribution in [-0.4, -0.2) is 200 Å². The number of para-hydroxylation sites is 1. The molecule has 4 aromatic rings. The van der Waals surface area contributed by atoms with Gasteiger partial charge in [0.25, 0.3) is 0 Å². The average Bonchev–Trinajstić information content (AvgIpc) is 4.31. The summed E-state index contributed by atoms with van der Waals surface area (Å²) >= 11 is 0. The number of nitrogens with two attached hydrogens (primary N) is 10. The van der Waals surface area contributed by atoms with Crippen LogP contribution in [0, 0.1) is 11.8 Å². The van der Waals surface area contributed by atoms with Gasteiger partial charge < -0.3 is 124 Å². The van der Waals surface area contributed by atoms with Gasteiger partial charge in [0.2, 0.25) is 5.91 Å². The van der Waals surface area contributed by atoms with E-state index in [1.165, 1.54) is 6.33 Å². The van der Waals surface area contributed by atoms with Crippen LogP contribution < -0.4 is 62.7 Å². The van der Waals surface area contributed by atoms with Crippen molar-refractivity contribution < 1.29 is 99.0 Å². The Bertz CT molecular complexity index is 2630. The highest BCUT2D eigenvalue weighted by molar-refractivity contribution is 5.85. The summed E-state index contributed by atoms with van der Waals surface area (Å²) < 4.78 is 0. The van der Waals surface area contributed by atoms with Gasteiger partial charge in [-0.25, -0.2) is 4.98 Å². The smallest absolute Gasteiger partial charge is 0.322 e. The molecule has 1 amide bonds. The SMILES string of the molecule is CC(C)C[C@H](N)C(=O)O.CC(C)[C@H](N)C(=O)O.NC(=O)C[C@H](N)C(=O)O.NCCCC[C@H](N)C(=O)O.N[C@@H](CO)C(=O)O.N[C@@H](Cc1c[nH]c2ccccc12)C(=O)O.N[C@@H](Cc1ccccc1)C(=O)O.N[C@@H](Cc1cnc[nH]1)C(=O)O.O=C(O)[C@@H]1CCCN1. The number of nitrogens with one attached hydrogen (secondary N) is 3. The first kappa shape index (κ1) is 86.9. The molecule has 2 aromatic heterocycles. The van der Waals surface area contributed by atoms with Crippen LogP contribution in [0.2, 0.25) is 0 Å². The van der Waals surface area contributed by atoms with Crippen molar-refractivity contribution >= 4 is 70.5 Å². The zero-order valence-corrected chi connectivity index (χ0v) is 50.2. The molecular formula is C55H94N14O20. The van der Waals surface area contributed by atoms with E-state index in [2.05, 4.69) is 26.0 Å². The number of nitrogens with zero attached hydrogens (tertiary/aromatic N) is 1. The molecule has 0 aliphatic carbocycles. The summed E-state index contributed by atoms with van der Waals surface area (Å²) in [5.74, 6) is -9.15. The number of hydrogen-bond acceptors (Lipinski definition) is 22. The maximum Gasteiger partial charge on any atom is 0.322 e. The monoisotopic (exact) mass is 1270 g/mol. The minimum absolute atomic E-state index is 0.0208. The second-order valence-electron chi connectivity index (χ2n) is 20.0. The second kappa shape index (κ2) is 50.4. The number of carboxylic acids is 9. The molecule has 0 bridgehead atoms. The number of benzene rings is 2. The van der Waals surface area contributed by atoms with Gasteiger partial charge in [0.1, 0.15) is 54.4 Å². The molecule has 0 saturated carbocycles.